The first-order valence-electron chi connectivity index (χ1n) is 6.08. The van der Waals surface area contributed by atoms with Crippen molar-refractivity contribution in [3.63, 3.8) is 0 Å². The van der Waals surface area contributed by atoms with Crippen LogP contribution in [0, 0.1) is 35.5 Å². The van der Waals surface area contributed by atoms with Crippen LogP contribution in [0.2, 0.25) is 0 Å². The van der Waals surface area contributed by atoms with E-state index in [1.54, 1.807) is 0 Å². The third kappa shape index (κ3) is 0.996. The van der Waals surface area contributed by atoms with Gasteiger partial charge in [-0.2, -0.15) is 0 Å². The SMILES string of the molecule is O=C1CC2C3CC4C2C(=O)OC(=O)C4C3C(=O)O1. The van der Waals surface area contributed by atoms with Crippen molar-refractivity contribution >= 4 is 23.9 Å². The highest BCUT2D eigenvalue weighted by molar-refractivity contribution is 5.98. The van der Waals surface area contributed by atoms with Crippen molar-refractivity contribution < 1.29 is 28.7 Å². The number of carbonyl (C=O) groups is 4. The van der Waals surface area contributed by atoms with Gasteiger partial charge in [-0.05, 0) is 24.2 Å². The average molecular weight is 250 g/mol. The highest BCUT2D eigenvalue weighted by Crippen LogP contribution is 2.62. The van der Waals surface area contributed by atoms with Gasteiger partial charge in [0.05, 0.1) is 17.8 Å². The van der Waals surface area contributed by atoms with Crippen LogP contribution in [-0.2, 0) is 28.7 Å². The third-order valence-corrected chi connectivity index (χ3v) is 4.96. The zero-order valence-corrected chi connectivity index (χ0v) is 9.33. The van der Waals surface area contributed by atoms with Gasteiger partial charge in [-0.1, -0.05) is 0 Å². The van der Waals surface area contributed by atoms with Crippen LogP contribution in [0.15, 0.2) is 0 Å². The molecule has 0 spiro atoms. The minimum Gasteiger partial charge on any atom is -0.393 e. The van der Waals surface area contributed by atoms with E-state index in [9.17, 15) is 19.2 Å². The van der Waals surface area contributed by atoms with Crippen molar-refractivity contribution in [2.45, 2.75) is 12.8 Å². The number of ether oxygens (including phenoxy) is 2. The second kappa shape index (κ2) is 2.99. The lowest BCUT2D eigenvalue weighted by molar-refractivity contribution is -0.184. The number of fused-ring (bicyclic) bond motifs is 2. The Labute approximate surface area is 102 Å². The van der Waals surface area contributed by atoms with Gasteiger partial charge in [0.1, 0.15) is 0 Å². The molecule has 2 saturated heterocycles. The molecule has 4 fully saturated rings. The van der Waals surface area contributed by atoms with Crippen LogP contribution in [0.1, 0.15) is 12.8 Å². The topological polar surface area (TPSA) is 86.7 Å². The summed E-state index contributed by atoms with van der Waals surface area (Å²) in [7, 11) is 0. The van der Waals surface area contributed by atoms with Crippen LogP contribution in [0.4, 0.5) is 0 Å². The second-order valence-electron chi connectivity index (χ2n) is 5.54. The molecule has 0 N–H and O–H groups in total. The zero-order chi connectivity index (χ0) is 12.6. The summed E-state index contributed by atoms with van der Waals surface area (Å²) in [5.41, 5.74) is 0. The second-order valence-corrected chi connectivity index (χ2v) is 5.54. The normalized spacial score (nSPS) is 48.9. The van der Waals surface area contributed by atoms with Gasteiger partial charge in [-0.25, -0.2) is 0 Å². The fourth-order valence-corrected chi connectivity index (χ4v) is 4.46. The van der Waals surface area contributed by atoms with E-state index in [0.717, 1.165) is 0 Å². The van der Waals surface area contributed by atoms with Crippen LogP contribution < -0.4 is 0 Å². The fraction of sp³-hybridized carbons (Fsp3) is 0.667. The third-order valence-electron chi connectivity index (χ3n) is 4.96. The largest absolute Gasteiger partial charge is 0.393 e. The first-order chi connectivity index (χ1) is 8.58. The summed E-state index contributed by atoms with van der Waals surface area (Å²) in [5, 5.41) is 0. The Kier molecular flexibility index (Phi) is 1.70. The van der Waals surface area contributed by atoms with Gasteiger partial charge in [-0.3, -0.25) is 19.2 Å². The Bertz CT molecular complexity index is 509. The molecule has 2 aliphatic carbocycles. The molecular formula is C12H10O6. The summed E-state index contributed by atoms with van der Waals surface area (Å²) in [6, 6.07) is 0. The van der Waals surface area contributed by atoms with Crippen LogP contribution in [-0.4, -0.2) is 23.9 Å². The number of rotatable bonds is 0. The van der Waals surface area contributed by atoms with Crippen molar-refractivity contribution in [2.24, 2.45) is 35.5 Å². The van der Waals surface area contributed by atoms with Crippen LogP contribution in [0.3, 0.4) is 0 Å². The molecule has 0 radical (unpaired) electrons. The maximum Gasteiger partial charge on any atom is 0.317 e. The predicted molar refractivity (Wildman–Crippen MR) is 52.4 cm³/mol. The summed E-state index contributed by atoms with van der Waals surface area (Å²) in [5.74, 6) is -4.39. The van der Waals surface area contributed by atoms with Gasteiger partial charge in [0.2, 0.25) is 0 Å². The Morgan fingerprint density at radius 3 is 2.11 bits per heavy atom. The zero-order valence-electron chi connectivity index (χ0n) is 9.33. The van der Waals surface area contributed by atoms with E-state index in [1.165, 1.54) is 0 Å². The highest BCUT2D eigenvalue weighted by atomic mass is 16.6. The molecule has 2 heterocycles. The molecule has 2 aliphatic heterocycles. The first-order valence-corrected chi connectivity index (χ1v) is 6.08. The quantitative estimate of drug-likeness (QED) is 0.431. The molecule has 6 nitrogen and oxygen atoms in total. The van der Waals surface area contributed by atoms with Crippen molar-refractivity contribution in [1.29, 1.82) is 0 Å². The first kappa shape index (κ1) is 10.2. The molecule has 4 rings (SSSR count). The Hall–Kier alpha value is -1.72. The molecule has 0 aromatic carbocycles. The summed E-state index contributed by atoms with van der Waals surface area (Å²) in [6.45, 7) is 0. The summed E-state index contributed by atoms with van der Waals surface area (Å²) >= 11 is 0. The van der Waals surface area contributed by atoms with Crippen molar-refractivity contribution in [2.75, 3.05) is 0 Å². The summed E-state index contributed by atoms with van der Waals surface area (Å²) in [6.07, 6.45) is 0.720. The lowest BCUT2D eigenvalue weighted by Gasteiger charge is -2.38. The van der Waals surface area contributed by atoms with E-state index >= 15 is 0 Å². The standard InChI is InChI=1S/C12H10O6/c13-6-2-4-3-1-5-7(4)10(14)18-12(16)9(5)8(3)11(15)17-6/h3-5,7-9H,1-2H2. The van der Waals surface area contributed by atoms with Crippen molar-refractivity contribution in [3.8, 4) is 0 Å². The maximum absolute atomic E-state index is 11.9. The minimum absolute atomic E-state index is 0.0735. The Morgan fingerprint density at radius 2 is 1.33 bits per heavy atom. The minimum atomic E-state index is -0.626. The van der Waals surface area contributed by atoms with E-state index in [1.807, 2.05) is 0 Å². The van der Waals surface area contributed by atoms with E-state index in [-0.39, 0.29) is 24.2 Å². The van der Waals surface area contributed by atoms with Crippen LogP contribution in [0.25, 0.3) is 0 Å². The lowest BCUT2D eigenvalue weighted by Crippen LogP contribution is -2.50. The van der Waals surface area contributed by atoms with E-state index in [0.29, 0.717) is 6.42 Å². The molecule has 0 aromatic rings. The van der Waals surface area contributed by atoms with Gasteiger partial charge in [0.15, 0.2) is 0 Å². The number of hydrogen-bond acceptors (Lipinski definition) is 6. The summed E-state index contributed by atoms with van der Waals surface area (Å²) in [4.78, 5) is 46.9. The number of cyclic esters (lactones) is 4. The van der Waals surface area contributed by atoms with Crippen LogP contribution >= 0.6 is 0 Å². The molecule has 6 heteroatoms. The molecule has 2 saturated carbocycles. The molecule has 6 atom stereocenters. The molecule has 6 unspecified atom stereocenters. The molecule has 94 valence electrons. The number of esters is 4. The van der Waals surface area contributed by atoms with Crippen molar-refractivity contribution in [1.82, 2.24) is 0 Å². The predicted octanol–water partition coefficient (Wildman–Crippen LogP) is -0.342. The molecule has 0 aromatic heterocycles. The average Bonchev–Trinajstić information content (AvgIpc) is 2.80. The van der Waals surface area contributed by atoms with Gasteiger partial charge in [-0.15, -0.1) is 0 Å². The molecule has 4 aliphatic rings. The van der Waals surface area contributed by atoms with Crippen molar-refractivity contribution in [3.05, 3.63) is 0 Å². The van der Waals surface area contributed by atoms with E-state index in [2.05, 4.69) is 0 Å². The van der Waals surface area contributed by atoms with Gasteiger partial charge < -0.3 is 9.47 Å². The highest BCUT2D eigenvalue weighted by Gasteiger charge is 2.69. The molecule has 0 amide bonds. The number of carbonyl (C=O) groups excluding carboxylic acids is 4. The molecule has 2 bridgehead atoms. The smallest absolute Gasteiger partial charge is 0.317 e. The Morgan fingerprint density at radius 1 is 0.722 bits per heavy atom. The van der Waals surface area contributed by atoms with Crippen LogP contribution in [0.5, 0.6) is 0 Å². The van der Waals surface area contributed by atoms with Gasteiger partial charge in [0, 0.05) is 6.42 Å². The molecular weight excluding hydrogens is 240 g/mol. The van der Waals surface area contributed by atoms with E-state index < -0.39 is 41.6 Å². The monoisotopic (exact) mass is 250 g/mol. The maximum atomic E-state index is 11.9. The van der Waals surface area contributed by atoms with Gasteiger partial charge in [0.25, 0.3) is 0 Å². The summed E-state index contributed by atoms with van der Waals surface area (Å²) < 4.78 is 9.45. The van der Waals surface area contributed by atoms with Gasteiger partial charge >= 0.3 is 23.9 Å². The lowest BCUT2D eigenvalue weighted by atomic mass is 9.66. The Balaban J connectivity index is 1.86. The fourth-order valence-electron chi connectivity index (χ4n) is 4.46. The molecule has 18 heavy (non-hydrogen) atoms. The van der Waals surface area contributed by atoms with E-state index in [4.69, 9.17) is 9.47 Å². The number of hydrogen-bond donors (Lipinski definition) is 0.